The van der Waals surface area contributed by atoms with Gasteiger partial charge in [-0.1, -0.05) is 47.0 Å². The van der Waals surface area contributed by atoms with E-state index in [9.17, 15) is 0 Å². The molecule has 0 nitrogen and oxygen atoms in total. The summed E-state index contributed by atoms with van der Waals surface area (Å²) in [5.74, 6) is 1.51. The predicted molar refractivity (Wildman–Crippen MR) is 47.8 cm³/mol. The Hall–Kier alpha value is 0. The van der Waals surface area contributed by atoms with Gasteiger partial charge in [-0.25, -0.2) is 0 Å². The van der Waals surface area contributed by atoms with Crippen LogP contribution in [0.1, 0.15) is 46.5 Å². The summed E-state index contributed by atoms with van der Waals surface area (Å²) in [5.41, 5.74) is 0. The first-order valence-electron chi connectivity index (χ1n) is 4.49. The molecule has 1 unspecified atom stereocenters. The molecule has 10 heavy (non-hydrogen) atoms. The molecule has 0 rings (SSSR count). The van der Waals surface area contributed by atoms with Gasteiger partial charge in [0, 0.05) is 0 Å². The molecule has 0 heterocycles. The van der Waals surface area contributed by atoms with E-state index < -0.39 is 0 Å². The third-order valence-electron chi connectivity index (χ3n) is 1.77. The van der Waals surface area contributed by atoms with E-state index in [1.54, 1.807) is 0 Å². The predicted octanol–water partition coefficient (Wildman–Crippen LogP) is 3.67. The van der Waals surface area contributed by atoms with Crippen LogP contribution in [0.15, 0.2) is 0 Å². The minimum Gasteiger partial charge on any atom is -0.0654 e. The molecule has 0 N–H and O–H groups in total. The molecular weight excluding hydrogens is 120 g/mol. The second-order valence-corrected chi connectivity index (χ2v) is 3.64. The molecule has 0 saturated carbocycles. The highest BCUT2D eigenvalue weighted by Crippen LogP contribution is 2.16. The van der Waals surface area contributed by atoms with Gasteiger partial charge in [0.1, 0.15) is 0 Å². The van der Waals surface area contributed by atoms with E-state index in [0.717, 1.165) is 5.92 Å². The first-order chi connectivity index (χ1) is 4.66. The van der Waals surface area contributed by atoms with Crippen LogP contribution in [-0.2, 0) is 0 Å². The summed E-state index contributed by atoms with van der Waals surface area (Å²) in [5, 5.41) is 0. The van der Waals surface area contributed by atoms with Gasteiger partial charge in [-0.3, -0.25) is 0 Å². The first-order valence-corrected chi connectivity index (χ1v) is 4.49. The highest BCUT2D eigenvalue weighted by molar-refractivity contribution is 4.62. The molecule has 0 aliphatic carbocycles. The summed E-state index contributed by atoms with van der Waals surface area (Å²) in [7, 11) is 0. The zero-order valence-corrected chi connectivity index (χ0v) is 7.69. The summed E-state index contributed by atoms with van der Waals surface area (Å²) in [6, 6.07) is 0. The Morgan fingerprint density at radius 3 is 2.30 bits per heavy atom. The van der Waals surface area contributed by atoms with Gasteiger partial charge in [-0.2, -0.15) is 0 Å². The van der Waals surface area contributed by atoms with Gasteiger partial charge < -0.3 is 0 Å². The number of hydrogen-bond acceptors (Lipinski definition) is 0. The van der Waals surface area contributed by atoms with E-state index in [1.165, 1.54) is 25.7 Å². The van der Waals surface area contributed by atoms with Crippen molar-refractivity contribution in [2.24, 2.45) is 11.8 Å². The van der Waals surface area contributed by atoms with Crippen LogP contribution in [0.2, 0.25) is 0 Å². The number of rotatable bonds is 5. The molecule has 0 aromatic rings. The van der Waals surface area contributed by atoms with Crippen molar-refractivity contribution < 1.29 is 0 Å². The Balaban J connectivity index is 3.16. The third kappa shape index (κ3) is 6.12. The Morgan fingerprint density at radius 2 is 1.90 bits per heavy atom. The molecule has 61 valence electrons. The number of hydrogen-bond donors (Lipinski definition) is 0. The average Bonchev–Trinajstić information content (AvgIpc) is 1.82. The Kier molecular flexibility index (Phi) is 5.76. The molecule has 0 fully saturated rings. The van der Waals surface area contributed by atoms with E-state index in [2.05, 4.69) is 27.7 Å². The van der Waals surface area contributed by atoms with Crippen molar-refractivity contribution in [2.45, 2.75) is 46.5 Å². The highest BCUT2D eigenvalue weighted by atomic mass is 14.1. The monoisotopic (exact) mass is 141 g/mol. The minimum atomic E-state index is 0.694. The topological polar surface area (TPSA) is 0 Å². The van der Waals surface area contributed by atoms with E-state index >= 15 is 0 Å². The van der Waals surface area contributed by atoms with Crippen molar-refractivity contribution in [3.63, 3.8) is 0 Å². The molecule has 0 aromatic heterocycles. The fraction of sp³-hybridized carbons (Fsp3) is 0.900. The summed E-state index contributed by atoms with van der Waals surface area (Å²) in [6.45, 7) is 10.9. The molecule has 1 atom stereocenters. The normalized spacial score (nSPS) is 14.1. The van der Waals surface area contributed by atoms with Crippen molar-refractivity contribution in [3.05, 3.63) is 6.92 Å². The second-order valence-electron chi connectivity index (χ2n) is 3.64. The lowest BCUT2D eigenvalue weighted by atomic mass is 9.94. The molecule has 0 aliphatic heterocycles. The van der Waals surface area contributed by atoms with Crippen molar-refractivity contribution in [1.29, 1.82) is 0 Å². The van der Waals surface area contributed by atoms with Crippen LogP contribution in [-0.4, -0.2) is 0 Å². The van der Waals surface area contributed by atoms with Gasteiger partial charge in [-0.15, -0.1) is 0 Å². The van der Waals surface area contributed by atoms with Gasteiger partial charge in [0.05, 0.1) is 0 Å². The van der Waals surface area contributed by atoms with E-state index in [-0.39, 0.29) is 0 Å². The van der Waals surface area contributed by atoms with Crippen molar-refractivity contribution in [3.8, 4) is 0 Å². The van der Waals surface area contributed by atoms with E-state index in [4.69, 9.17) is 0 Å². The first kappa shape index (κ1) is 10.0. The molecule has 0 heteroatoms. The van der Waals surface area contributed by atoms with Gasteiger partial charge in [0.2, 0.25) is 0 Å². The largest absolute Gasteiger partial charge is 0.0654 e. The fourth-order valence-electron chi connectivity index (χ4n) is 1.28. The summed E-state index contributed by atoms with van der Waals surface area (Å²) < 4.78 is 0. The van der Waals surface area contributed by atoms with Crippen molar-refractivity contribution in [2.75, 3.05) is 0 Å². The van der Waals surface area contributed by atoms with Crippen molar-refractivity contribution >= 4 is 0 Å². The lowest BCUT2D eigenvalue weighted by Crippen LogP contribution is -1.99. The summed E-state index contributed by atoms with van der Waals surface area (Å²) in [6.07, 6.45) is 5.26. The molecular formula is C10H21. The maximum absolute atomic E-state index is 4.12. The maximum Gasteiger partial charge on any atom is -0.0412 e. The van der Waals surface area contributed by atoms with Gasteiger partial charge >= 0.3 is 0 Å². The van der Waals surface area contributed by atoms with Crippen LogP contribution in [0.4, 0.5) is 0 Å². The Morgan fingerprint density at radius 1 is 1.30 bits per heavy atom. The molecule has 0 bridgehead atoms. The fourth-order valence-corrected chi connectivity index (χ4v) is 1.28. The zero-order chi connectivity index (χ0) is 7.98. The van der Waals surface area contributed by atoms with E-state index in [1.807, 2.05) is 0 Å². The average molecular weight is 141 g/mol. The molecule has 0 aliphatic rings. The second kappa shape index (κ2) is 5.76. The van der Waals surface area contributed by atoms with Crippen molar-refractivity contribution in [1.82, 2.24) is 0 Å². The van der Waals surface area contributed by atoms with Crippen LogP contribution in [0.3, 0.4) is 0 Å². The maximum atomic E-state index is 4.12. The van der Waals surface area contributed by atoms with Gasteiger partial charge in [0.15, 0.2) is 0 Å². The van der Waals surface area contributed by atoms with Gasteiger partial charge in [0.25, 0.3) is 0 Å². The molecule has 0 amide bonds. The standard InChI is InChI=1S/C10H21/c1-5-6-7-10(4)8-9(2)3/h9-10H,4-8H2,1-3H3. The molecule has 0 saturated heterocycles. The third-order valence-corrected chi connectivity index (χ3v) is 1.77. The Labute approximate surface area is 66.0 Å². The lowest BCUT2D eigenvalue weighted by molar-refractivity contribution is 0.437. The van der Waals surface area contributed by atoms with Crippen LogP contribution in [0, 0.1) is 18.8 Å². The van der Waals surface area contributed by atoms with Crippen LogP contribution in [0.25, 0.3) is 0 Å². The molecule has 0 aromatic carbocycles. The van der Waals surface area contributed by atoms with Gasteiger partial charge in [-0.05, 0) is 18.3 Å². The van der Waals surface area contributed by atoms with Crippen LogP contribution in [0.5, 0.6) is 0 Å². The van der Waals surface area contributed by atoms with Crippen LogP contribution >= 0.6 is 0 Å². The minimum absolute atomic E-state index is 0.694. The SMILES string of the molecule is [CH2]C(CCCC)CC(C)C. The summed E-state index contributed by atoms with van der Waals surface area (Å²) >= 11 is 0. The highest BCUT2D eigenvalue weighted by Gasteiger charge is 2.03. The van der Waals surface area contributed by atoms with Crippen LogP contribution < -0.4 is 0 Å². The lowest BCUT2D eigenvalue weighted by Gasteiger charge is -2.12. The zero-order valence-electron chi connectivity index (χ0n) is 7.69. The number of unbranched alkanes of at least 4 members (excludes halogenated alkanes) is 1. The van der Waals surface area contributed by atoms with E-state index in [0.29, 0.717) is 5.92 Å². The molecule has 0 spiro atoms. The Bertz CT molecular complexity index is 64.4. The quantitative estimate of drug-likeness (QED) is 0.548. The molecule has 1 radical (unpaired) electrons. The summed E-state index contributed by atoms with van der Waals surface area (Å²) in [4.78, 5) is 0. The smallest absolute Gasteiger partial charge is 0.0412 e.